The maximum Gasteiger partial charge on any atom is 0.306 e. The average Bonchev–Trinajstić information content (AvgIpc) is 3.01. The molecule has 0 bridgehead atoms. The van der Waals surface area contributed by atoms with Crippen molar-refractivity contribution in [2.24, 2.45) is 5.92 Å². The zero-order valence-electron chi connectivity index (χ0n) is 15.5. The van der Waals surface area contributed by atoms with Gasteiger partial charge in [-0.2, -0.15) is 0 Å². The van der Waals surface area contributed by atoms with Crippen LogP contribution in [-0.2, 0) is 19.6 Å². The highest BCUT2D eigenvalue weighted by atomic mass is 32.2. The molecule has 9 heteroatoms. The Morgan fingerprint density at radius 2 is 1.96 bits per heavy atom. The molecule has 2 aromatic rings. The van der Waals surface area contributed by atoms with Gasteiger partial charge >= 0.3 is 5.97 Å². The number of nitrogens with zero attached hydrogens (tertiary/aromatic N) is 2. The fourth-order valence-corrected chi connectivity index (χ4v) is 4.60. The topological polar surface area (TPSA) is 88.6 Å². The van der Waals surface area contributed by atoms with E-state index in [4.69, 9.17) is 4.74 Å². The minimum absolute atomic E-state index is 0.179. The van der Waals surface area contributed by atoms with E-state index in [1.807, 2.05) is 20.8 Å². The van der Waals surface area contributed by atoms with E-state index in [9.17, 15) is 13.2 Å². The van der Waals surface area contributed by atoms with E-state index >= 15 is 0 Å². The van der Waals surface area contributed by atoms with Crippen LogP contribution >= 0.6 is 11.3 Å². The van der Waals surface area contributed by atoms with Crippen molar-refractivity contribution in [1.82, 2.24) is 4.98 Å². The summed E-state index contributed by atoms with van der Waals surface area (Å²) in [5.74, 6) is 0.0803. The van der Waals surface area contributed by atoms with Gasteiger partial charge in [-0.3, -0.25) is 9.52 Å². The second-order valence-electron chi connectivity index (χ2n) is 7.50. The molecule has 1 aliphatic heterocycles. The number of benzene rings is 1. The lowest BCUT2D eigenvalue weighted by Crippen LogP contribution is -2.48. The lowest BCUT2D eigenvalue weighted by Gasteiger charge is -2.41. The number of thiazole rings is 1. The van der Waals surface area contributed by atoms with Crippen molar-refractivity contribution in [3.8, 4) is 0 Å². The quantitative estimate of drug-likeness (QED) is 0.738. The molecule has 0 atom stereocenters. The van der Waals surface area contributed by atoms with E-state index in [0.29, 0.717) is 11.6 Å². The molecule has 0 radical (unpaired) electrons. The Bertz CT molecular complexity index is 882. The van der Waals surface area contributed by atoms with Crippen molar-refractivity contribution >= 4 is 38.1 Å². The molecule has 1 aromatic heterocycles. The maximum atomic E-state index is 12.3. The van der Waals surface area contributed by atoms with E-state index in [2.05, 4.69) is 14.6 Å². The summed E-state index contributed by atoms with van der Waals surface area (Å²) in [6.07, 6.45) is 1.95. The molecule has 0 amide bonds. The van der Waals surface area contributed by atoms with Crippen molar-refractivity contribution in [3.05, 3.63) is 35.8 Å². The molecule has 7 nitrogen and oxygen atoms in total. The number of carbonyl (C=O) groups excluding carboxylic acids is 1. The lowest BCUT2D eigenvalue weighted by molar-refractivity contribution is -0.156. The van der Waals surface area contributed by atoms with Gasteiger partial charge in [-0.05, 0) is 45.0 Å². The fourth-order valence-electron chi connectivity index (χ4n) is 2.81. The predicted molar refractivity (Wildman–Crippen MR) is 106 cm³/mol. The van der Waals surface area contributed by atoms with Crippen LogP contribution < -0.4 is 9.62 Å². The predicted octanol–water partition coefficient (Wildman–Crippen LogP) is 3.11. The summed E-state index contributed by atoms with van der Waals surface area (Å²) in [5.41, 5.74) is 0.470. The molecule has 0 aliphatic carbocycles. The molecule has 2 heterocycles. The minimum atomic E-state index is -3.64. The number of hydrogen-bond acceptors (Lipinski definition) is 7. The molecule has 3 rings (SSSR count). The van der Waals surface area contributed by atoms with Gasteiger partial charge in [0.25, 0.3) is 10.0 Å². The van der Waals surface area contributed by atoms with E-state index < -0.39 is 15.6 Å². The Morgan fingerprint density at radius 3 is 2.52 bits per heavy atom. The van der Waals surface area contributed by atoms with Crippen molar-refractivity contribution in [2.45, 2.75) is 37.7 Å². The first-order valence-corrected chi connectivity index (χ1v) is 11.0. The summed E-state index contributed by atoms with van der Waals surface area (Å²) in [4.78, 5) is 18.1. The average molecular weight is 410 g/mol. The molecular weight excluding hydrogens is 386 g/mol. The van der Waals surface area contributed by atoms with E-state index in [1.54, 1.807) is 35.8 Å². The fraction of sp³-hybridized carbons (Fsp3) is 0.444. The Labute approximate surface area is 163 Å². The molecule has 1 N–H and O–H groups in total. The zero-order chi connectivity index (χ0) is 19.7. The van der Waals surface area contributed by atoms with Gasteiger partial charge in [-0.25, -0.2) is 13.4 Å². The number of anilines is 2. The van der Waals surface area contributed by atoms with Gasteiger partial charge in [0.2, 0.25) is 0 Å². The van der Waals surface area contributed by atoms with Crippen molar-refractivity contribution < 1.29 is 17.9 Å². The standard InChI is InChI=1S/C18H23N3O4S2/c1-18(2,3)25-16(22)10-13-11-21(12-13)14-4-6-15(7-5-14)27(23,24)20-17-19-8-9-26-17/h4-9,13H,10-12H2,1-3H3,(H,19,20). The molecule has 1 aromatic carbocycles. The molecule has 146 valence electrons. The van der Waals surface area contributed by atoms with Gasteiger partial charge in [0.15, 0.2) is 5.13 Å². The third-order valence-electron chi connectivity index (χ3n) is 4.00. The van der Waals surface area contributed by atoms with Crippen molar-refractivity contribution in [1.29, 1.82) is 0 Å². The highest BCUT2D eigenvalue weighted by Crippen LogP contribution is 2.28. The summed E-state index contributed by atoms with van der Waals surface area (Å²) in [7, 11) is -3.64. The number of sulfonamides is 1. The smallest absolute Gasteiger partial charge is 0.306 e. The number of aromatic nitrogens is 1. The van der Waals surface area contributed by atoms with Crippen LogP contribution in [0.5, 0.6) is 0 Å². The molecular formula is C18H23N3O4S2. The molecule has 27 heavy (non-hydrogen) atoms. The first-order chi connectivity index (χ1) is 12.6. The zero-order valence-corrected chi connectivity index (χ0v) is 17.1. The van der Waals surface area contributed by atoms with Gasteiger partial charge in [-0.1, -0.05) is 0 Å². The highest BCUT2D eigenvalue weighted by molar-refractivity contribution is 7.93. The monoisotopic (exact) mass is 409 g/mol. The van der Waals surface area contributed by atoms with Crippen LogP contribution in [-0.4, -0.2) is 38.1 Å². The summed E-state index contributed by atoms with van der Waals surface area (Å²) < 4.78 is 32.5. The van der Waals surface area contributed by atoms with Gasteiger partial charge in [0, 0.05) is 36.3 Å². The number of hydrogen-bond donors (Lipinski definition) is 1. The molecule has 1 fully saturated rings. The van der Waals surface area contributed by atoms with E-state index in [0.717, 1.165) is 18.8 Å². The van der Waals surface area contributed by atoms with Crippen LogP contribution in [0.25, 0.3) is 0 Å². The molecule has 0 saturated carbocycles. The number of ether oxygens (including phenoxy) is 1. The molecule has 1 aliphatic rings. The minimum Gasteiger partial charge on any atom is -0.460 e. The maximum absolute atomic E-state index is 12.3. The summed E-state index contributed by atoms with van der Waals surface area (Å²) in [5, 5.41) is 2.05. The molecule has 0 unspecified atom stereocenters. The summed E-state index contributed by atoms with van der Waals surface area (Å²) in [6.45, 7) is 7.08. The Hall–Kier alpha value is -2.13. The first kappa shape index (κ1) is 19.6. The third kappa shape index (κ3) is 5.20. The van der Waals surface area contributed by atoms with Crippen molar-refractivity contribution in [3.63, 3.8) is 0 Å². The Balaban J connectivity index is 1.54. The van der Waals surface area contributed by atoms with Crippen LogP contribution in [0.1, 0.15) is 27.2 Å². The first-order valence-electron chi connectivity index (χ1n) is 8.61. The number of rotatable bonds is 6. The van der Waals surface area contributed by atoms with E-state index in [-0.39, 0.29) is 16.8 Å². The molecule has 1 saturated heterocycles. The molecule has 0 spiro atoms. The van der Waals surface area contributed by atoms with Crippen LogP contribution in [0.2, 0.25) is 0 Å². The van der Waals surface area contributed by atoms with Gasteiger partial charge in [-0.15, -0.1) is 11.3 Å². The summed E-state index contributed by atoms with van der Waals surface area (Å²) in [6, 6.07) is 6.71. The van der Waals surface area contributed by atoms with E-state index in [1.165, 1.54) is 11.3 Å². The van der Waals surface area contributed by atoms with Crippen LogP contribution in [0, 0.1) is 5.92 Å². The Morgan fingerprint density at radius 1 is 1.30 bits per heavy atom. The number of nitrogens with one attached hydrogen (secondary N) is 1. The second-order valence-corrected chi connectivity index (χ2v) is 10.1. The SMILES string of the molecule is CC(C)(C)OC(=O)CC1CN(c2ccc(S(=O)(=O)Nc3nccs3)cc2)C1. The van der Waals surface area contributed by atoms with Crippen LogP contribution in [0.3, 0.4) is 0 Å². The second kappa shape index (κ2) is 7.47. The summed E-state index contributed by atoms with van der Waals surface area (Å²) >= 11 is 1.23. The van der Waals surface area contributed by atoms with Gasteiger partial charge in [0.05, 0.1) is 11.3 Å². The largest absolute Gasteiger partial charge is 0.460 e. The van der Waals surface area contributed by atoms with Crippen molar-refractivity contribution in [2.75, 3.05) is 22.7 Å². The number of carbonyl (C=O) groups is 1. The van der Waals surface area contributed by atoms with Gasteiger partial charge in [0.1, 0.15) is 5.60 Å². The lowest BCUT2D eigenvalue weighted by atomic mass is 9.95. The van der Waals surface area contributed by atoms with Gasteiger partial charge < -0.3 is 9.64 Å². The van der Waals surface area contributed by atoms with Crippen LogP contribution in [0.15, 0.2) is 40.7 Å². The Kier molecular flexibility index (Phi) is 5.43. The third-order valence-corrected chi connectivity index (χ3v) is 6.17. The number of esters is 1. The highest BCUT2D eigenvalue weighted by Gasteiger charge is 2.30. The van der Waals surface area contributed by atoms with Crippen LogP contribution in [0.4, 0.5) is 10.8 Å². The normalized spacial score (nSPS) is 15.3.